The fourth-order valence-corrected chi connectivity index (χ4v) is 6.06. The lowest BCUT2D eigenvalue weighted by molar-refractivity contribution is -0.0135. The summed E-state index contributed by atoms with van der Waals surface area (Å²) in [5.41, 5.74) is 1.55. The second-order valence-electron chi connectivity index (χ2n) is 10.6. The van der Waals surface area contributed by atoms with Crippen molar-refractivity contribution < 1.29 is 9.53 Å². The van der Waals surface area contributed by atoms with Crippen molar-refractivity contribution in [1.82, 2.24) is 10.6 Å². The normalized spacial score (nSPS) is 30.9. The number of carbonyl (C=O) groups excluding carboxylic acids is 1. The Morgan fingerprint density at radius 3 is 2.14 bits per heavy atom. The standard InChI is InChI=1S/C24H36N2O2/c1-23(2,3)20-5-7-21(8-6-20)28-10-4-9-25-22(27)26-24-14-17-11-18(15-24)13-19(12-17)16-24/h5-8,17-19H,4,9-16H2,1-3H3,(H2,25,26,27). The largest absolute Gasteiger partial charge is 0.494 e. The number of rotatable bonds is 6. The second-order valence-corrected chi connectivity index (χ2v) is 10.6. The van der Waals surface area contributed by atoms with Crippen molar-refractivity contribution in [2.75, 3.05) is 13.2 Å². The van der Waals surface area contributed by atoms with Crippen molar-refractivity contribution in [1.29, 1.82) is 0 Å². The Morgan fingerprint density at radius 2 is 1.61 bits per heavy atom. The van der Waals surface area contributed by atoms with Gasteiger partial charge in [-0.25, -0.2) is 4.79 Å². The van der Waals surface area contributed by atoms with Gasteiger partial charge in [0.25, 0.3) is 0 Å². The first kappa shape index (κ1) is 19.6. The van der Waals surface area contributed by atoms with Gasteiger partial charge in [-0.1, -0.05) is 32.9 Å². The average molecular weight is 385 g/mol. The lowest BCUT2D eigenvalue weighted by Crippen LogP contribution is -2.61. The smallest absolute Gasteiger partial charge is 0.315 e. The summed E-state index contributed by atoms with van der Waals surface area (Å²) >= 11 is 0. The quantitative estimate of drug-likeness (QED) is 0.677. The molecule has 2 amide bonds. The molecule has 154 valence electrons. The Labute approximate surface area is 169 Å². The van der Waals surface area contributed by atoms with E-state index in [2.05, 4.69) is 43.5 Å². The van der Waals surface area contributed by atoms with Gasteiger partial charge >= 0.3 is 6.03 Å². The molecule has 2 N–H and O–H groups in total. The summed E-state index contributed by atoms with van der Waals surface area (Å²) in [6, 6.07) is 8.34. The van der Waals surface area contributed by atoms with Crippen LogP contribution >= 0.6 is 0 Å². The second kappa shape index (κ2) is 7.61. The van der Waals surface area contributed by atoms with E-state index >= 15 is 0 Å². The van der Waals surface area contributed by atoms with Gasteiger partial charge in [-0.15, -0.1) is 0 Å². The van der Waals surface area contributed by atoms with E-state index in [-0.39, 0.29) is 17.0 Å². The van der Waals surface area contributed by atoms with E-state index in [4.69, 9.17) is 4.74 Å². The Balaban J connectivity index is 1.15. The zero-order valence-electron chi connectivity index (χ0n) is 17.7. The maximum atomic E-state index is 12.4. The SMILES string of the molecule is CC(C)(C)c1ccc(OCCCNC(=O)NC23CC4CC(CC(C4)C2)C3)cc1. The monoisotopic (exact) mass is 384 g/mol. The van der Waals surface area contributed by atoms with Gasteiger partial charge in [-0.05, 0) is 85.8 Å². The van der Waals surface area contributed by atoms with E-state index in [1.54, 1.807) is 0 Å². The number of nitrogens with one attached hydrogen (secondary N) is 2. The molecule has 4 bridgehead atoms. The fraction of sp³-hybridized carbons (Fsp3) is 0.708. The molecule has 0 heterocycles. The number of urea groups is 1. The van der Waals surface area contributed by atoms with Gasteiger partial charge < -0.3 is 15.4 Å². The van der Waals surface area contributed by atoms with Crippen LogP contribution in [0.3, 0.4) is 0 Å². The molecule has 28 heavy (non-hydrogen) atoms. The maximum Gasteiger partial charge on any atom is 0.315 e. The van der Waals surface area contributed by atoms with Crippen LogP contribution in [-0.2, 0) is 5.41 Å². The van der Waals surface area contributed by atoms with E-state index in [1.165, 1.54) is 44.1 Å². The number of hydrogen-bond acceptors (Lipinski definition) is 2. The highest BCUT2D eigenvalue weighted by atomic mass is 16.5. The minimum atomic E-state index is 0.0106. The van der Waals surface area contributed by atoms with Gasteiger partial charge in [-0.3, -0.25) is 0 Å². The summed E-state index contributed by atoms with van der Waals surface area (Å²) < 4.78 is 5.82. The van der Waals surface area contributed by atoms with E-state index < -0.39 is 0 Å². The molecule has 0 aromatic heterocycles. The number of amides is 2. The molecule has 4 aliphatic carbocycles. The first-order chi connectivity index (χ1) is 13.3. The number of benzene rings is 1. The molecule has 0 unspecified atom stereocenters. The van der Waals surface area contributed by atoms with E-state index in [9.17, 15) is 4.79 Å². The molecule has 0 saturated heterocycles. The fourth-order valence-electron chi connectivity index (χ4n) is 6.06. The molecule has 4 heteroatoms. The van der Waals surface area contributed by atoms with Crippen LogP contribution in [0.1, 0.15) is 71.3 Å². The lowest BCUT2D eigenvalue weighted by atomic mass is 9.53. The third-order valence-electron chi connectivity index (χ3n) is 7.01. The van der Waals surface area contributed by atoms with Crippen molar-refractivity contribution in [2.24, 2.45) is 17.8 Å². The molecule has 5 rings (SSSR count). The van der Waals surface area contributed by atoms with E-state index in [0.717, 1.165) is 29.9 Å². The van der Waals surface area contributed by atoms with E-state index in [1.807, 2.05) is 12.1 Å². The van der Waals surface area contributed by atoms with Gasteiger partial charge in [0.15, 0.2) is 0 Å². The summed E-state index contributed by atoms with van der Waals surface area (Å²) in [4.78, 5) is 12.4. The van der Waals surface area contributed by atoms with Crippen molar-refractivity contribution in [3.05, 3.63) is 29.8 Å². The molecular formula is C24H36N2O2. The Morgan fingerprint density at radius 1 is 1.04 bits per heavy atom. The predicted octanol–water partition coefficient (Wildman–Crippen LogP) is 5.02. The topological polar surface area (TPSA) is 50.4 Å². The van der Waals surface area contributed by atoms with Crippen molar-refractivity contribution >= 4 is 6.03 Å². The van der Waals surface area contributed by atoms with Gasteiger partial charge in [-0.2, -0.15) is 0 Å². The molecule has 4 fully saturated rings. The average Bonchev–Trinajstić information content (AvgIpc) is 2.59. The number of carbonyl (C=O) groups is 1. The van der Waals surface area contributed by atoms with E-state index in [0.29, 0.717) is 13.2 Å². The molecule has 0 radical (unpaired) electrons. The summed E-state index contributed by atoms with van der Waals surface area (Å²) in [7, 11) is 0. The maximum absolute atomic E-state index is 12.4. The molecule has 1 aromatic carbocycles. The van der Waals surface area contributed by atoms with Crippen LogP contribution < -0.4 is 15.4 Å². The summed E-state index contributed by atoms with van der Waals surface area (Å²) in [5, 5.41) is 6.41. The first-order valence-electron chi connectivity index (χ1n) is 11.1. The molecule has 1 aromatic rings. The minimum absolute atomic E-state index is 0.0106. The van der Waals surface area contributed by atoms with Crippen LogP contribution in [-0.4, -0.2) is 24.7 Å². The van der Waals surface area contributed by atoms with Gasteiger partial charge in [0.2, 0.25) is 0 Å². The van der Waals surface area contributed by atoms with Crippen molar-refractivity contribution in [2.45, 2.75) is 76.7 Å². The summed E-state index contributed by atoms with van der Waals surface area (Å²) in [5.74, 6) is 3.45. The van der Waals surface area contributed by atoms with Crippen LogP contribution in [0.5, 0.6) is 5.75 Å². The molecule has 0 atom stereocenters. The number of ether oxygens (including phenoxy) is 1. The Kier molecular flexibility index (Phi) is 5.32. The summed E-state index contributed by atoms with van der Waals surface area (Å²) in [6.07, 6.45) is 8.60. The predicted molar refractivity (Wildman–Crippen MR) is 113 cm³/mol. The van der Waals surface area contributed by atoms with Crippen LogP contribution in [0, 0.1) is 17.8 Å². The van der Waals surface area contributed by atoms with Crippen LogP contribution in [0.25, 0.3) is 0 Å². The highest BCUT2D eigenvalue weighted by Crippen LogP contribution is 2.55. The van der Waals surface area contributed by atoms with Crippen LogP contribution in [0.2, 0.25) is 0 Å². The Bertz CT molecular complexity index is 654. The lowest BCUT2D eigenvalue weighted by Gasteiger charge is -2.56. The van der Waals surface area contributed by atoms with Gasteiger partial charge in [0.05, 0.1) is 6.61 Å². The molecule has 4 saturated carbocycles. The zero-order chi connectivity index (χ0) is 19.8. The minimum Gasteiger partial charge on any atom is -0.494 e. The van der Waals surface area contributed by atoms with Gasteiger partial charge in [0.1, 0.15) is 5.75 Å². The summed E-state index contributed by atoms with van der Waals surface area (Å²) in [6.45, 7) is 7.90. The number of hydrogen-bond donors (Lipinski definition) is 2. The van der Waals surface area contributed by atoms with Crippen molar-refractivity contribution in [3.63, 3.8) is 0 Å². The molecular weight excluding hydrogens is 348 g/mol. The third kappa shape index (κ3) is 4.47. The molecule has 0 spiro atoms. The molecule has 4 nitrogen and oxygen atoms in total. The molecule has 4 aliphatic rings. The van der Waals surface area contributed by atoms with Gasteiger partial charge in [0, 0.05) is 12.1 Å². The highest BCUT2D eigenvalue weighted by Gasteiger charge is 2.51. The van der Waals surface area contributed by atoms with Crippen molar-refractivity contribution in [3.8, 4) is 5.75 Å². The highest BCUT2D eigenvalue weighted by molar-refractivity contribution is 5.74. The first-order valence-corrected chi connectivity index (χ1v) is 11.1. The van der Waals surface area contributed by atoms with Crippen LogP contribution in [0.4, 0.5) is 4.79 Å². The molecule has 0 aliphatic heterocycles. The third-order valence-corrected chi connectivity index (χ3v) is 7.01. The Hall–Kier alpha value is -1.71. The zero-order valence-corrected chi connectivity index (χ0v) is 17.7. The van der Waals surface area contributed by atoms with Crippen LogP contribution in [0.15, 0.2) is 24.3 Å².